The van der Waals surface area contributed by atoms with E-state index in [1.165, 1.54) is 17.8 Å². The lowest BCUT2D eigenvalue weighted by molar-refractivity contribution is 0.102. The van der Waals surface area contributed by atoms with Gasteiger partial charge in [0.15, 0.2) is 5.17 Å². The van der Waals surface area contributed by atoms with Gasteiger partial charge in [0.05, 0.1) is 5.54 Å². The van der Waals surface area contributed by atoms with Gasteiger partial charge in [0.1, 0.15) is 5.82 Å². The fraction of sp³-hybridized carbons (Fsp3) is 0.174. The number of rotatable bonds is 4. The molecule has 30 heavy (non-hydrogen) atoms. The molecule has 1 aromatic heterocycles. The average Bonchev–Trinajstić information content (AvgIpc) is 2.75. The first-order valence-electron chi connectivity index (χ1n) is 9.55. The largest absolute Gasteiger partial charge is 0.379 e. The van der Waals surface area contributed by atoms with Gasteiger partial charge in [-0.3, -0.25) is 14.8 Å². The maximum Gasteiger partial charge on any atom is 0.255 e. The summed E-state index contributed by atoms with van der Waals surface area (Å²) in [5.74, 6) is 0.146. The van der Waals surface area contributed by atoms with Crippen molar-refractivity contribution in [2.45, 2.75) is 18.9 Å². The topological polar surface area (TPSA) is 80.4 Å². The number of nitrogens with zero attached hydrogens (tertiary/aromatic N) is 2. The van der Waals surface area contributed by atoms with Crippen LogP contribution in [0.15, 0.2) is 72.0 Å². The van der Waals surface area contributed by atoms with Crippen LogP contribution >= 0.6 is 11.8 Å². The molecule has 0 radical (unpaired) electrons. The number of nitrogens with one attached hydrogen (secondary N) is 1. The number of nitrogens with two attached hydrogens (primary N) is 1. The van der Waals surface area contributed by atoms with Crippen molar-refractivity contribution >= 4 is 28.5 Å². The Morgan fingerprint density at radius 3 is 2.50 bits per heavy atom. The first-order chi connectivity index (χ1) is 14.4. The molecule has 4 rings (SSSR count). The van der Waals surface area contributed by atoms with E-state index >= 15 is 0 Å². The number of pyridine rings is 1. The predicted molar refractivity (Wildman–Crippen MR) is 120 cm³/mol. The number of amidine groups is 1. The molecule has 0 spiro atoms. The van der Waals surface area contributed by atoms with Gasteiger partial charge in [-0.1, -0.05) is 23.9 Å². The summed E-state index contributed by atoms with van der Waals surface area (Å²) in [7, 11) is 0. The Kier molecular flexibility index (Phi) is 5.55. The van der Waals surface area contributed by atoms with Gasteiger partial charge < -0.3 is 11.1 Å². The Balaban J connectivity index is 1.55. The molecule has 1 unspecified atom stereocenters. The summed E-state index contributed by atoms with van der Waals surface area (Å²) < 4.78 is 14.6. The number of anilines is 1. The zero-order chi connectivity index (χ0) is 21.1. The van der Waals surface area contributed by atoms with E-state index in [4.69, 9.17) is 5.73 Å². The summed E-state index contributed by atoms with van der Waals surface area (Å²) in [6.07, 6.45) is 4.12. The van der Waals surface area contributed by atoms with Crippen molar-refractivity contribution in [2.24, 2.45) is 10.7 Å². The molecule has 2 heterocycles. The Morgan fingerprint density at radius 1 is 1.10 bits per heavy atom. The molecule has 0 fully saturated rings. The van der Waals surface area contributed by atoms with E-state index in [0.717, 1.165) is 16.9 Å². The van der Waals surface area contributed by atoms with E-state index in [1.807, 2.05) is 31.2 Å². The number of amides is 1. The molecule has 1 aliphatic heterocycles. The van der Waals surface area contributed by atoms with Crippen LogP contribution in [0.25, 0.3) is 11.1 Å². The quantitative estimate of drug-likeness (QED) is 0.635. The lowest BCUT2D eigenvalue weighted by Crippen LogP contribution is -2.29. The first kappa shape index (κ1) is 20.1. The summed E-state index contributed by atoms with van der Waals surface area (Å²) in [5.41, 5.74) is 8.60. The molecule has 1 aliphatic rings. The fourth-order valence-corrected chi connectivity index (χ4v) is 4.43. The number of hydrogen-bond acceptors (Lipinski definition) is 5. The standard InChI is InChI=1S/C23H21FN4OS/c1-23(10-13-30-22(25)28-23)19-14-18(6-7-20(19)24)27-21(29)17-4-2-15(3-5-17)16-8-11-26-12-9-16/h2-9,11-12,14H,10,13H2,1H3,(H2,25,28)(H,27,29). The van der Waals surface area contributed by atoms with Gasteiger partial charge >= 0.3 is 0 Å². The van der Waals surface area contributed by atoms with Gasteiger partial charge in [-0.05, 0) is 66.9 Å². The minimum Gasteiger partial charge on any atom is -0.379 e. The monoisotopic (exact) mass is 420 g/mol. The van der Waals surface area contributed by atoms with Crippen LogP contribution < -0.4 is 11.1 Å². The van der Waals surface area contributed by atoms with Crippen molar-refractivity contribution < 1.29 is 9.18 Å². The van der Waals surface area contributed by atoms with Crippen LogP contribution in [0, 0.1) is 5.82 Å². The second-order valence-corrected chi connectivity index (χ2v) is 8.40. The molecular formula is C23H21FN4OS. The predicted octanol–water partition coefficient (Wildman–Crippen LogP) is 4.81. The molecule has 2 aromatic carbocycles. The molecule has 5 nitrogen and oxygen atoms in total. The Hall–Kier alpha value is -3.19. The van der Waals surface area contributed by atoms with Crippen molar-refractivity contribution in [3.63, 3.8) is 0 Å². The Morgan fingerprint density at radius 2 is 1.80 bits per heavy atom. The number of thioether (sulfide) groups is 1. The van der Waals surface area contributed by atoms with Crippen molar-refractivity contribution in [3.8, 4) is 11.1 Å². The molecule has 0 aliphatic carbocycles. The summed E-state index contributed by atoms with van der Waals surface area (Å²) >= 11 is 1.46. The Labute approximate surface area is 178 Å². The van der Waals surface area contributed by atoms with Crippen LogP contribution in [0.5, 0.6) is 0 Å². The Bertz CT molecular complexity index is 1100. The first-order valence-corrected chi connectivity index (χ1v) is 10.5. The molecule has 3 aromatic rings. The molecule has 3 N–H and O–H groups in total. The van der Waals surface area contributed by atoms with Gasteiger partial charge in [0, 0.05) is 35.0 Å². The molecule has 0 bridgehead atoms. The van der Waals surface area contributed by atoms with Crippen LogP contribution in [-0.4, -0.2) is 21.8 Å². The van der Waals surface area contributed by atoms with Crippen LogP contribution in [-0.2, 0) is 5.54 Å². The van der Waals surface area contributed by atoms with Crippen molar-refractivity contribution in [2.75, 3.05) is 11.1 Å². The zero-order valence-corrected chi connectivity index (χ0v) is 17.2. The lowest BCUT2D eigenvalue weighted by atomic mass is 9.89. The van der Waals surface area contributed by atoms with Crippen LogP contribution in [0.1, 0.15) is 29.3 Å². The van der Waals surface area contributed by atoms with Gasteiger partial charge in [0.25, 0.3) is 5.91 Å². The van der Waals surface area contributed by atoms with Crippen LogP contribution in [0.2, 0.25) is 0 Å². The van der Waals surface area contributed by atoms with E-state index in [-0.39, 0.29) is 11.7 Å². The second kappa shape index (κ2) is 8.28. The number of aromatic nitrogens is 1. The fourth-order valence-electron chi connectivity index (χ4n) is 3.46. The molecule has 152 valence electrons. The van der Waals surface area contributed by atoms with E-state index in [0.29, 0.717) is 28.4 Å². The third-order valence-electron chi connectivity index (χ3n) is 5.16. The van der Waals surface area contributed by atoms with E-state index in [2.05, 4.69) is 15.3 Å². The number of halogens is 1. The lowest BCUT2D eigenvalue weighted by Gasteiger charge is -2.30. The van der Waals surface area contributed by atoms with E-state index in [9.17, 15) is 9.18 Å². The average molecular weight is 421 g/mol. The molecule has 1 atom stereocenters. The summed E-state index contributed by atoms with van der Waals surface area (Å²) in [6, 6.07) is 15.7. The third-order valence-corrected chi connectivity index (χ3v) is 5.96. The van der Waals surface area contributed by atoms with Crippen LogP contribution in [0.4, 0.5) is 10.1 Å². The van der Waals surface area contributed by atoms with Gasteiger partial charge in [-0.25, -0.2) is 4.39 Å². The van der Waals surface area contributed by atoms with E-state index < -0.39 is 5.54 Å². The highest BCUT2D eigenvalue weighted by Gasteiger charge is 2.32. The zero-order valence-electron chi connectivity index (χ0n) is 16.4. The van der Waals surface area contributed by atoms with Crippen molar-refractivity contribution in [1.82, 2.24) is 4.98 Å². The van der Waals surface area contributed by atoms with Gasteiger partial charge in [0.2, 0.25) is 0 Å². The number of hydrogen-bond donors (Lipinski definition) is 2. The summed E-state index contributed by atoms with van der Waals surface area (Å²) in [4.78, 5) is 21.2. The number of carbonyl (C=O) groups is 1. The highest BCUT2D eigenvalue weighted by molar-refractivity contribution is 8.13. The second-order valence-electron chi connectivity index (χ2n) is 7.28. The number of aliphatic imine (C=N–C) groups is 1. The molecule has 7 heteroatoms. The number of carbonyl (C=O) groups excluding carboxylic acids is 1. The molecule has 1 amide bonds. The highest BCUT2D eigenvalue weighted by atomic mass is 32.2. The normalized spacial score (nSPS) is 18.5. The third kappa shape index (κ3) is 4.21. The van der Waals surface area contributed by atoms with Gasteiger partial charge in [-0.2, -0.15) is 0 Å². The van der Waals surface area contributed by atoms with Crippen molar-refractivity contribution in [3.05, 3.63) is 83.9 Å². The van der Waals surface area contributed by atoms with Gasteiger partial charge in [-0.15, -0.1) is 0 Å². The van der Waals surface area contributed by atoms with Crippen molar-refractivity contribution in [1.29, 1.82) is 0 Å². The molecule has 0 saturated carbocycles. The minimum absolute atomic E-state index is 0.263. The summed E-state index contributed by atoms with van der Waals surface area (Å²) in [5, 5.41) is 3.30. The smallest absolute Gasteiger partial charge is 0.255 e. The van der Waals surface area contributed by atoms with Crippen LogP contribution in [0.3, 0.4) is 0 Å². The number of benzene rings is 2. The molecule has 0 saturated heterocycles. The SMILES string of the molecule is CC1(c2cc(NC(=O)c3ccc(-c4ccncc4)cc3)ccc2F)CCSC(N)=N1. The minimum atomic E-state index is -0.744. The highest BCUT2D eigenvalue weighted by Crippen LogP contribution is 2.37. The maximum atomic E-state index is 14.6. The maximum absolute atomic E-state index is 14.6. The molecular weight excluding hydrogens is 399 g/mol. The van der Waals surface area contributed by atoms with E-state index in [1.54, 1.807) is 36.7 Å². The summed E-state index contributed by atoms with van der Waals surface area (Å²) in [6.45, 7) is 1.86.